The summed E-state index contributed by atoms with van der Waals surface area (Å²) in [5.41, 5.74) is 3.26. The van der Waals surface area contributed by atoms with Crippen LogP contribution in [0.2, 0.25) is 0 Å². The molecule has 6 rings (SSSR count). The molecule has 306 valence electrons. The first-order chi connectivity index (χ1) is 27.5. The zero-order chi connectivity index (χ0) is 42.8. The molecule has 0 aliphatic rings. The van der Waals surface area contributed by atoms with E-state index in [1.54, 1.807) is 53.7 Å². The van der Waals surface area contributed by atoms with Crippen molar-refractivity contribution in [3.05, 3.63) is 169 Å². The molecule has 0 fully saturated rings. The summed E-state index contributed by atoms with van der Waals surface area (Å²) in [7, 11) is 0. The van der Waals surface area contributed by atoms with Crippen LogP contribution in [0.1, 0.15) is 61.0 Å². The SMILES string of the molecule is CC.CC(C)(C)OC(=O)Oc1ccc([Te](Br)(Br)c2ccc(OC(=O)OC(C)(C)C)c(-c3ccccc3)c2)cc1-c1ccccc1.Cc1ccccc1.c1ccccc1. The van der Waals surface area contributed by atoms with Gasteiger partial charge in [0.15, 0.2) is 0 Å². The van der Waals surface area contributed by atoms with Gasteiger partial charge in [0, 0.05) is 0 Å². The normalized spacial score (nSPS) is 11.1. The monoisotopic (exact) mass is 1030 g/mol. The number of aryl methyl sites for hydroxylation is 1. The largest absolute Gasteiger partial charge is 0.0623 e. The number of hydrogen-bond donors (Lipinski definition) is 0. The molecule has 0 spiro atoms. The molecule has 0 radical (unpaired) electrons. The minimum atomic E-state index is -3.38. The maximum atomic E-state index is 12.6. The van der Waals surface area contributed by atoms with E-state index in [2.05, 4.69) is 44.6 Å². The fraction of sp³-hybridized carbons (Fsp3) is 0.224. The summed E-state index contributed by atoms with van der Waals surface area (Å²) in [6.45, 7) is 16.8. The molecule has 6 aromatic rings. The van der Waals surface area contributed by atoms with Crippen LogP contribution in [0.25, 0.3) is 22.3 Å². The van der Waals surface area contributed by atoms with Gasteiger partial charge >= 0.3 is 271 Å². The predicted molar refractivity (Wildman–Crippen MR) is 249 cm³/mol. The zero-order valence-corrected chi connectivity index (χ0v) is 40.2. The second-order valence-electron chi connectivity index (χ2n) is 14.5. The number of ether oxygens (including phenoxy) is 4. The van der Waals surface area contributed by atoms with E-state index in [4.69, 9.17) is 18.9 Å². The fourth-order valence-electron chi connectivity index (χ4n) is 4.98. The van der Waals surface area contributed by atoms with E-state index in [1.807, 2.05) is 153 Å². The van der Waals surface area contributed by atoms with Crippen molar-refractivity contribution >= 4 is 58.8 Å². The minimum Gasteiger partial charge on any atom is -0.0623 e. The molecular formula is C49H54Br2O6Te. The van der Waals surface area contributed by atoms with Gasteiger partial charge in [-0.2, -0.15) is 0 Å². The first-order valence-corrected chi connectivity index (χ1v) is 31.7. The number of rotatable bonds is 6. The van der Waals surface area contributed by atoms with Gasteiger partial charge in [-0.05, 0) is 6.92 Å². The number of carbonyl (C=O) groups is 2. The van der Waals surface area contributed by atoms with Crippen molar-refractivity contribution in [1.29, 1.82) is 0 Å². The molecule has 6 nitrogen and oxygen atoms in total. The number of halogens is 2. The van der Waals surface area contributed by atoms with Crippen LogP contribution in [0.4, 0.5) is 9.59 Å². The average molecular weight is 1030 g/mol. The van der Waals surface area contributed by atoms with Crippen molar-refractivity contribution in [2.24, 2.45) is 0 Å². The van der Waals surface area contributed by atoms with E-state index >= 15 is 0 Å². The standard InChI is InChI=1S/C34H34Br2O6Te.C7H8.C6H6.C2H6/c1-33(2,3)41-31(37)39-29-19-17-25(21-27(29)23-13-9-7-10-14-23)43(35,36)26-18-20-30(40-32(38)42-34(4,5)6)28(22-26)24-15-11-8-12-16-24;1-7-5-3-2-4-6-7;1-2-4-6-5-3-1;1-2/h7-22H,1-6H3;2-6H,1H3;1-6H;1-2H3. The molecule has 9 heteroatoms. The summed E-state index contributed by atoms with van der Waals surface area (Å²) in [5, 5.41) is 0. The van der Waals surface area contributed by atoms with Crippen molar-refractivity contribution in [3.8, 4) is 33.8 Å². The van der Waals surface area contributed by atoms with Gasteiger partial charge in [0.1, 0.15) is 0 Å². The van der Waals surface area contributed by atoms with E-state index in [0.717, 1.165) is 29.5 Å². The van der Waals surface area contributed by atoms with E-state index in [0.29, 0.717) is 11.5 Å². The second-order valence-corrected chi connectivity index (χ2v) is 38.7. The van der Waals surface area contributed by atoms with Gasteiger partial charge in [-0.1, -0.05) is 86.1 Å². The van der Waals surface area contributed by atoms with Gasteiger partial charge in [0.2, 0.25) is 0 Å². The maximum absolute atomic E-state index is 12.6. The third kappa shape index (κ3) is 16.5. The van der Waals surface area contributed by atoms with Crippen LogP contribution in [0, 0.1) is 6.92 Å². The summed E-state index contributed by atoms with van der Waals surface area (Å²) in [4.78, 5) is 25.2. The molecule has 0 saturated heterocycles. The Morgan fingerprint density at radius 1 is 0.466 bits per heavy atom. The van der Waals surface area contributed by atoms with Gasteiger partial charge in [-0.3, -0.25) is 0 Å². The Bertz CT molecular complexity index is 1990. The van der Waals surface area contributed by atoms with Crippen LogP contribution in [0.15, 0.2) is 164 Å². The Kier molecular flexibility index (Phi) is 19.2. The molecule has 0 saturated carbocycles. The van der Waals surface area contributed by atoms with Crippen molar-refractivity contribution in [2.45, 2.75) is 73.5 Å². The van der Waals surface area contributed by atoms with Crippen LogP contribution in [0.3, 0.4) is 0 Å². The molecule has 0 unspecified atom stereocenters. The Morgan fingerprint density at radius 3 is 1.03 bits per heavy atom. The molecule has 0 amide bonds. The molecule has 0 N–H and O–H groups in total. The third-order valence-corrected chi connectivity index (χ3v) is 22.3. The first-order valence-electron chi connectivity index (χ1n) is 19.0. The van der Waals surface area contributed by atoms with Crippen LogP contribution >= 0.6 is 25.5 Å². The van der Waals surface area contributed by atoms with E-state index < -0.39 is 37.3 Å². The first kappa shape index (κ1) is 48.0. The number of carbonyl (C=O) groups excluding carboxylic acids is 2. The predicted octanol–water partition coefficient (Wildman–Crippen LogP) is 13.7. The molecule has 0 aromatic heterocycles. The maximum Gasteiger partial charge on any atom is -0.0398 e. The molecule has 0 atom stereocenters. The van der Waals surface area contributed by atoms with E-state index in [-0.39, 0.29) is 0 Å². The summed E-state index contributed by atoms with van der Waals surface area (Å²) in [5.74, 6) is 0.794. The average Bonchev–Trinajstić information content (AvgIpc) is 3.19. The van der Waals surface area contributed by atoms with Gasteiger partial charge in [0.25, 0.3) is 0 Å². The molecular weight excluding hydrogens is 972 g/mol. The quantitative estimate of drug-likeness (QED) is 0.0940. The Hall–Kier alpha value is -4.39. The van der Waals surface area contributed by atoms with Gasteiger partial charge in [-0.15, -0.1) is 0 Å². The van der Waals surface area contributed by atoms with Crippen molar-refractivity contribution in [1.82, 2.24) is 0 Å². The van der Waals surface area contributed by atoms with Crippen molar-refractivity contribution < 1.29 is 28.5 Å². The molecule has 0 bridgehead atoms. The van der Waals surface area contributed by atoms with Crippen LogP contribution in [-0.4, -0.2) is 37.3 Å². The van der Waals surface area contributed by atoms with Gasteiger partial charge < -0.3 is 0 Å². The Labute approximate surface area is 361 Å². The smallest absolute Gasteiger partial charge is 0.0398 e. The Balaban J connectivity index is 0.000000501. The number of hydrogen-bond acceptors (Lipinski definition) is 6. The summed E-state index contributed by atoms with van der Waals surface area (Å²) in [6, 6.07) is 53.3. The molecule has 6 aromatic carbocycles. The summed E-state index contributed by atoms with van der Waals surface area (Å²) >= 11 is 4.78. The molecule has 0 aliphatic heterocycles. The van der Waals surface area contributed by atoms with Gasteiger partial charge in [-0.25, -0.2) is 0 Å². The fourth-order valence-corrected chi connectivity index (χ4v) is 14.0. The topological polar surface area (TPSA) is 71.1 Å². The van der Waals surface area contributed by atoms with E-state index in [1.165, 1.54) is 5.56 Å². The summed E-state index contributed by atoms with van der Waals surface area (Å²) < 4.78 is 24.2. The summed E-state index contributed by atoms with van der Waals surface area (Å²) in [6.07, 6.45) is -1.53. The van der Waals surface area contributed by atoms with E-state index in [9.17, 15) is 9.59 Å². The minimum absolute atomic E-state index is 0.397. The molecule has 0 heterocycles. The van der Waals surface area contributed by atoms with Crippen molar-refractivity contribution in [2.75, 3.05) is 0 Å². The molecule has 58 heavy (non-hydrogen) atoms. The third-order valence-electron chi connectivity index (χ3n) is 7.44. The van der Waals surface area contributed by atoms with Gasteiger partial charge in [0.05, 0.1) is 0 Å². The molecule has 0 aliphatic carbocycles. The van der Waals surface area contributed by atoms with Crippen molar-refractivity contribution in [3.63, 3.8) is 0 Å². The van der Waals surface area contributed by atoms with Crippen LogP contribution in [0.5, 0.6) is 11.5 Å². The second kappa shape index (κ2) is 23.3. The van der Waals surface area contributed by atoms with Crippen LogP contribution in [-0.2, 0) is 9.47 Å². The Morgan fingerprint density at radius 2 is 0.759 bits per heavy atom. The number of benzene rings is 6. The zero-order valence-electron chi connectivity index (χ0n) is 34.7. The van der Waals surface area contributed by atoms with Crippen LogP contribution < -0.4 is 16.7 Å².